The second-order valence-electron chi connectivity index (χ2n) is 23.5. The number of aryl methyl sites for hydroxylation is 6. The summed E-state index contributed by atoms with van der Waals surface area (Å²) < 4.78 is 0. The lowest BCUT2D eigenvalue weighted by Crippen LogP contribution is -2.29. The number of rotatable bonds is 11. The first-order valence-electron chi connectivity index (χ1n) is 29.8. The lowest BCUT2D eigenvalue weighted by atomic mass is 9.66. The maximum Gasteiger partial charge on any atom is 0.0716 e. The van der Waals surface area contributed by atoms with Gasteiger partial charge in [-0.1, -0.05) is 218 Å². The van der Waals surface area contributed by atoms with Gasteiger partial charge < -0.3 is 9.80 Å². The van der Waals surface area contributed by atoms with E-state index < -0.39 is 5.41 Å². The van der Waals surface area contributed by atoms with Crippen molar-refractivity contribution >= 4 is 66.4 Å². The van der Waals surface area contributed by atoms with Crippen LogP contribution < -0.4 is 9.80 Å². The van der Waals surface area contributed by atoms with Gasteiger partial charge in [0.1, 0.15) is 0 Å². The molecule has 14 aromatic rings. The fourth-order valence-electron chi connectivity index (χ4n) is 14.5. The van der Waals surface area contributed by atoms with Crippen LogP contribution in [0.1, 0.15) is 55.6 Å². The monoisotopic (exact) mass is 1090 g/mol. The molecule has 0 heterocycles. The third-order valence-corrected chi connectivity index (χ3v) is 18.3. The van der Waals surface area contributed by atoms with Gasteiger partial charge in [0.05, 0.1) is 16.8 Å². The standard InChI is InChI=1S/C83H64N2/c1-53-23-19-29-61(47-53)84(63-31-21-27-59(51-63)68-34-10-11-36-70(68)71-37-13-12-35-69(71)65-33-9-7-25-55(65)3)79-49-57(5)66-44-46-75-80(50-58(6)67-43-45-74(79)81(66)82(67)75)85(62-30-20-24-54(2)48-62)64-32-22-28-60(52-64)83(76-40-16-8-26-56(76)4)77-41-17-14-38-72(77)73-39-15-18-42-78(73)83/h7-52H,1-6H3. The maximum absolute atomic E-state index is 2.53. The molecule has 2 heteroatoms. The summed E-state index contributed by atoms with van der Waals surface area (Å²) in [7, 11) is 0. The quantitative estimate of drug-likeness (QED) is 0.119. The van der Waals surface area contributed by atoms with Crippen LogP contribution in [0.2, 0.25) is 0 Å². The molecule has 0 fully saturated rings. The SMILES string of the molecule is Cc1cccc(N(c2cccc(-c3ccccc3-c3ccccc3-c3ccccc3C)c2)c2cc(C)c3ccc4c(N(c5cccc(C)c5)c5cccc(C6(c7ccccc7C)c7ccccc7-c7ccccc76)c5)cc(C)c5ccc2c3c54)c1. The van der Waals surface area contributed by atoms with Gasteiger partial charge in [-0.25, -0.2) is 0 Å². The van der Waals surface area contributed by atoms with Crippen molar-refractivity contribution in [3.05, 3.63) is 335 Å². The van der Waals surface area contributed by atoms with E-state index in [1.807, 2.05) is 0 Å². The second-order valence-corrected chi connectivity index (χ2v) is 23.5. The Balaban J connectivity index is 0.938. The van der Waals surface area contributed by atoms with Crippen LogP contribution in [0.15, 0.2) is 279 Å². The highest BCUT2D eigenvalue weighted by Crippen LogP contribution is 2.58. The summed E-state index contributed by atoms with van der Waals surface area (Å²) in [6, 6.07) is 105. The summed E-state index contributed by atoms with van der Waals surface area (Å²) in [5, 5.41) is 7.48. The molecule has 85 heavy (non-hydrogen) atoms. The van der Waals surface area contributed by atoms with Crippen molar-refractivity contribution in [3.8, 4) is 44.5 Å². The Morgan fingerprint density at radius 1 is 0.247 bits per heavy atom. The van der Waals surface area contributed by atoms with Gasteiger partial charge in [0.15, 0.2) is 0 Å². The van der Waals surface area contributed by atoms with Crippen LogP contribution in [0, 0.1) is 41.5 Å². The molecule has 406 valence electrons. The van der Waals surface area contributed by atoms with Crippen molar-refractivity contribution in [1.82, 2.24) is 0 Å². The van der Waals surface area contributed by atoms with E-state index in [4.69, 9.17) is 0 Å². The molecule has 14 aromatic carbocycles. The van der Waals surface area contributed by atoms with E-state index in [0.29, 0.717) is 0 Å². The molecule has 1 aliphatic carbocycles. The Labute approximate surface area is 499 Å². The van der Waals surface area contributed by atoms with Crippen molar-refractivity contribution in [1.29, 1.82) is 0 Å². The largest absolute Gasteiger partial charge is 0.310 e. The Morgan fingerprint density at radius 2 is 0.635 bits per heavy atom. The highest BCUT2D eigenvalue weighted by molar-refractivity contribution is 6.29. The molecule has 15 rings (SSSR count). The Hall–Kier alpha value is -10.3. The number of nitrogens with zero attached hydrogens (tertiary/aromatic N) is 2. The van der Waals surface area contributed by atoms with Crippen molar-refractivity contribution in [2.45, 2.75) is 47.0 Å². The van der Waals surface area contributed by atoms with E-state index in [-0.39, 0.29) is 0 Å². The minimum Gasteiger partial charge on any atom is -0.310 e. The van der Waals surface area contributed by atoms with Crippen LogP contribution in [0.3, 0.4) is 0 Å². The predicted molar refractivity (Wildman–Crippen MR) is 362 cm³/mol. The molecule has 0 radical (unpaired) electrons. The van der Waals surface area contributed by atoms with E-state index >= 15 is 0 Å². The van der Waals surface area contributed by atoms with Crippen molar-refractivity contribution in [2.24, 2.45) is 0 Å². The third kappa shape index (κ3) is 8.30. The number of hydrogen-bond acceptors (Lipinski definition) is 2. The Bertz CT molecular complexity index is 4900. The summed E-state index contributed by atoms with van der Waals surface area (Å²) in [6.45, 7) is 13.5. The fraction of sp³-hybridized carbons (Fsp3) is 0.0843. The molecular formula is C83H64N2. The zero-order valence-corrected chi connectivity index (χ0v) is 49.0. The number of fused-ring (bicyclic) bond motifs is 3. The summed E-state index contributed by atoms with van der Waals surface area (Å²) in [6.07, 6.45) is 0. The van der Waals surface area contributed by atoms with Gasteiger partial charge in [0.25, 0.3) is 0 Å². The molecule has 0 atom stereocenters. The lowest BCUT2D eigenvalue weighted by Gasteiger charge is -2.36. The summed E-state index contributed by atoms with van der Waals surface area (Å²) in [5.41, 5.74) is 28.6. The predicted octanol–water partition coefficient (Wildman–Crippen LogP) is 22.7. The van der Waals surface area contributed by atoms with E-state index in [1.54, 1.807) is 0 Å². The summed E-state index contributed by atoms with van der Waals surface area (Å²) >= 11 is 0. The van der Waals surface area contributed by atoms with Gasteiger partial charge in [0, 0.05) is 33.5 Å². The summed E-state index contributed by atoms with van der Waals surface area (Å²) in [4.78, 5) is 5.03. The van der Waals surface area contributed by atoms with E-state index in [2.05, 4.69) is 330 Å². The van der Waals surface area contributed by atoms with E-state index in [9.17, 15) is 0 Å². The molecule has 0 N–H and O–H groups in total. The first-order valence-corrected chi connectivity index (χ1v) is 29.8. The number of anilines is 6. The number of benzene rings is 14. The van der Waals surface area contributed by atoms with Gasteiger partial charge in [-0.05, 0) is 224 Å². The van der Waals surface area contributed by atoms with Crippen molar-refractivity contribution in [2.75, 3.05) is 9.80 Å². The molecule has 0 spiro atoms. The first kappa shape index (κ1) is 51.6. The van der Waals surface area contributed by atoms with Crippen LogP contribution in [0.25, 0.3) is 76.8 Å². The smallest absolute Gasteiger partial charge is 0.0716 e. The first-order chi connectivity index (χ1) is 41.6. The van der Waals surface area contributed by atoms with Crippen LogP contribution in [0.5, 0.6) is 0 Å². The minimum absolute atomic E-state index is 0.557. The molecular weight excluding hydrogens is 1020 g/mol. The molecule has 0 saturated heterocycles. The molecule has 0 aliphatic heterocycles. The second kappa shape index (κ2) is 20.6. The van der Waals surface area contributed by atoms with Crippen LogP contribution in [0.4, 0.5) is 34.1 Å². The summed E-state index contributed by atoms with van der Waals surface area (Å²) in [5.74, 6) is 0. The van der Waals surface area contributed by atoms with Gasteiger partial charge >= 0.3 is 0 Å². The fourth-order valence-corrected chi connectivity index (χ4v) is 14.5. The van der Waals surface area contributed by atoms with E-state index in [0.717, 1.165) is 39.7 Å². The van der Waals surface area contributed by atoms with Crippen molar-refractivity contribution in [3.63, 3.8) is 0 Å². The normalized spacial score (nSPS) is 12.4. The van der Waals surface area contributed by atoms with Crippen LogP contribution in [-0.4, -0.2) is 0 Å². The highest BCUT2D eigenvalue weighted by Gasteiger charge is 2.47. The molecule has 2 nitrogen and oxygen atoms in total. The van der Waals surface area contributed by atoms with Crippen LogP contribution in [-0.2, 0) is 5.41 Å². The van der Waals surface area contributed by atoms with Crippen molar-refractivity contribution < 1.29 is 0 Å². The third-order valence-electron chi connectivity index (χ3n) is 18.3. The zero-order valence-electron chi connectivity index (χ0n) is 49.0. The van der Waals surface area contributed by atoms with Gasteiger partial charge in [-0.15, -0.1) is 0 Å². The highest BCUT2D eigenvalue weighted by atomic mass is 15.2. The maximum atomic E-state index is 2.53. The van der Waals surface area contributed by atoms with Gasteiger partial charge in [0.2, 0.25) is 0 Å². The van der Waals surface area contributed by atoms with Crippen LogP contribution >= 0.6 is 0 Å². The average Bonchev–Trinajstić information content (AvgIpc) is 1.92. The molecule has 0 saturated carbocycles. The Kier molecular flexibility index (Phi) is 12.5. The molecule has 0 aromatic heterocycles. The van der Waals surface area contributed by atoms with Gasteiger partial charge in [-0.2, -0.15) is 0 Å². The zero-order chi connectivity index (χ0) is 57.5. The average molecular weight is 1090 g/mol. The van der Waals surface area contributed by atoms with Gasteiger partial charge in [-0.3, -0.25) is 0 Å². The molecule has 0 amide bonds. The number of hydrogen-bond donors (Lipinski definition) is 0. The molecule has 0 bridgehead atoms. The molecule has 1 aliphatic rings. The molecule has 0 unspecified atom stereocenters. The lowest BCUT2D eigenvalue weighted by molar-refractivity contribution is 0.761. The Morgan fingerprint density at radius 3 is 1.15 bits per heavy atom. The minimum atomic E-state index is -0.557. The topological polar surface area (TPSA) is 6.48 Å². The van der Waals surface area contributed by atoms with E-state index in [1.165, 1.54) is 127 Å².